The Morgan fingerprint density at radius 3 is 2.62 bits per heavy atom. The molecule has 170 valence electrons. The Balaban J connectivity index is 1.33. The first-order valence-electron chi connectivity index (χ1n) is 11.6. The lowest BCUT2D eigenvalue weighted by molar-refractivity contribution is 0.135. The van der Waals surface area contributed by atoms with Crippen molar-refractivity contribution in [3.05, 3.63) is 17.8 Å². The fraction of sp³-hybridized carbons (Fsp3) is 0.636. The molecule has 5 heterocycles. The summed E-state index contributed by atoms with van der Waals surface area (Å²) in [5.74, 6) is 5.42. The van der Waals surface area contributed by atoms with Crippen molar-refractivity contribution in [3.63, 3.8) is 0 Å². The van der Waals surface area contributed by atoms with Crippen molar-refractivity contribution in [2.45, 2.75) is 57.2 Å². The van der Waals surface area contributed by atoms with E-state index < -0.39 is 0 Å². The number of nitrogens with one attached hydrogen (secondary N) is 3. The van der Waals surface area contributed by atoms with Crippen LogP contribution in [0.25, 0.3) is 0 Å². The third kappa shape index (κ3) is 4.79. The SMILES string of the molecule is Cc1cc(Nc2cc(N3CCSCC3)nc(NC3CC4CCC(C3)N4CCC#N)n2)n[nH]1. The molecule has 5 rings (SSSR count). The zero-order valence-corrected chi connectivity index (χ0v) is 19.4. The van der Waals surface area contributed by atoms with E-state index in [0.717, 1.165) is 67.1 Å². The van der Waals surface area contributed by atoms with E-state index in [-0.39, 0.29) is 0 Å². The van der Waals surface area contributed by atoms with E-state index in [1.165, 1.54) is 12.8 Å². The van der Waals surface area contributed by atoms with Gasteiger partial charge in [0, 0.05) is 73.5 Å². The molecular formula is C22H31N9S. The summed E-state index contributed by atoms with van der Waals surface area (Å²) in [6.07, 6.45) is 5.23. The predicted molar refractivity (Wildman–Crippen MR) is 129 cm³/mol. The number of aryl methyl sites for hydroxylation is 1. The zero-order valence-electron chi connectivity index (χ0n) is 18.5. The highest BCUT2D eigenvalue weighted by Crippen LogP contribution is 2.37. The van der Waals surface area contributed by atoms with Gasteiger partial charge in [0.05, 0.1) is 6.07 Å². The van der Waals surface area contributed by atoms with Crippen molar-refractivity contribution in [3.8, 4) is 6.07 Å². The van der Waals surface area contributed by atoms with Crippen molar-refractivity contribution < 1.29 is 0 Å². The van der Waals surface area contributed by atoms with E-state index in [2.05, 4.69) is 36.7 Å². The van der Waals surface area contributed by atoms with Crippen molar-refractivity contribution >= 4 is 35.2 Å². The standard InChI is InChI=1S/C22H31N9S/c1-15-11-20(29-28-15)25-19-14-21(30-7-9-32-10-8-30)27-22(26-19)24-16-12-17-3-4-18(13-16)31(17)6-2-5-23/h11,14,16-18H,2-4,6-10,12-13H2,1H3,(H3,24,25,26,27,28,29). The van der Waals surface area contributed by atoms with Gasteiger partial charge in [0.1, 0.15) is 11.6 Å². The number of thioether (sulfide) groups is 1. The Morgan fingerprint density at radius 1 is 1.16 bits per heavy atom. The normalized spacial score (nSPS) is 25.5. The summed E-state index contributed by atoms with van der Waals surface area (Å²) in [7, 11) is 0. The molecule has 3 aliphatic heterocycles. The number of fused-ring (bicyclic) bond motifs is 2. The minimum atomic E-state index is 0.360. The summed E-state index contributed by atoms with van der Waals surface area (Å²) in [6.45, 7) is 4.89. The van der Waals surface area contributed by atoms with Crippen LogP contribution in [0.5, 0.6) is 0 Å². The first kappa shape index (κ1) is 21.3. The van der Waals surface area contributed by atoms with Gasteiger partial charge in [-0.05, 0) is 32.6 Å². The Labute approximate surface area is 193 Å². The van der Waals surface area contributed by atoms with Crippen LogP contribution in [0, 0.1) is 18.3 Å². The number of rotatable bonds is 7. The van der Waals surface area contributed by atoms with Gasteiger partial charge in [-0.3, -0.25) is 10.00 Å². The lowest BCUT2D eigenvalue weighted by Gasteiger charge is -2.39. The van der Waals surface area contributed by atoms with Crippen LogP contribution in [0.15, 0.2) is 12.1 Å². The fourth-order valence-corrected chi connectivity index (χ4v) is 6.15. The Morgan fingerprint density at radius 2 is 1.94 bits per heavy atom. The second-order valence-electron chi connectivity index (χ2n) is 8.94. The minimum Gasteiger partial charge on any atom is -0.355 e. The molecular weight excluding hydrogens is 422 g/mol. The highest BCUT2D eigenvalue weighted by Gasteiger charge is 2.40. The molecule has 0 saturated carbocycles. The molecule has 2 bridgehead atoms. The Kier molecular flexibility index (Phi) is 6.37. The number of aromatic nitrogens is 4. The van der Waals surface area contributed by atoms with Crippen LogP contribution in [-0.2, 0) is 0 Å². The molecule has 2 aromatic heterocycles. The molecule has 3 saturated heterocycles. The van der Waals surface area contributed by atoms with Crippen molar-refractivity contribution in [2.75, 3.05) is 46.7 Å². The van der Waals surface area contributed by atoms with Crippen LogP contribution < -0.4 is 15.5 Å². The van der Waals surface area contributed by atoms with Crippen LogP contribution in [0.2, 0.25) is 0 Å². The lowest BCUT2D eigenvalue weighted by atomic mass is 9.97. The maximum Gasteiger partial charge on any atom is 0.226 e. The third-order valence-corrected chi connectivity index (χ3v) is 7.65. The topological polar surface area (TPSA) is 109 Å². The summed E-state index contributed by atoms with van der Waals surface area (Å²) in [6, 6.07) is 7.79. The summed E-state index contributed by atoms with van der Waals surface area (Å²) in [5.41, 5.74) is 1.01. The molecule has 32 heavy (non-hydrogen) atoms. The average molecular weight is 454 g/mol. The van der Waals surface area contributed by atoms with E-state index in [9.17, 15) is 0 Å². The largest absolute Gasteiger partial charge is 0.355 e. The van der Waals surface area contributed by atoms with E-state index in [1.54, 1.807) is 0 Å². The summed E-state index contributed by atoms with van der Waals surface area (Å²) < 4.78 is 0. The third-order valence-electron chi connectivity index (χ3n) is 6.71. The average Bonchev–Trinajstić information content (AvgIpc) is 3.31. The molecule has 3 aliphatic rings. The van der Waals surface area contributed by atoms with Gasteiger partial charge in [-0.1, -0.05) is 0 Å². The van der Waals surface area contributed by atoms with Crippen LogP contribution >= 0.6 is 11.8 Å². The van der Waals surface area contributed by atoms with Gasteiger partial charge in [-0.2, -0.15) is 32.1 Å². The Bertz CT molecular complexity index is 951. The van der Waals surface area contributed by atoms with Crippen LogP contribution in [0.4, 0.5) is 23.4 Å². The Hall–Kier alpha value is -2.51. The summed E-state index contributed by atoms with van der Waals surface area (Å²) in [4.78, 5) is 14.6. The molecule has 3 N–H and O–H groups in total. The number of H-pyrrole nitrogens is 1. The van der Waals surface area contributed by atoms with Gasteiger partial charge in [-0.25, -0.2) is 0 Å². The number of anilines is 4. The second-order valence-corrected chi connectivity index (χ2v) is 10.2. The molecule has 0 radical (unpaired) electrons. The zero-order chi connectivity index (χ0) is 21.9. The lowest BCUT2D eigenvalue weighted by Crippen LogP contribution is -2.47. The number of nitrogens with zero attached hydrogens (tertiary/aromatic N) is 6. The number of nitriles is 1. The van der Waals surface area contributed by atoms with Gasteiger partial charge in [0.25, 0.3) is 0 Å². The first-order valence-corrected chi connectivity index (χ1v) is 12.7. The van der Waals surface area contributed by atoms with Crippen LogP contribution in [0.1, 0.15) is 37.8 Å². The van der Waals surface area contributed by atoms with Crippen molar-refractivity contribution in [2.24, 2.45) is 0 Å². The summed E-state index contributed by atoms with van der Waals surface area (Å²) in [5, 5.41) is 23.2. The van der Waals surface area contributed by atoms with E-state index in [0.29, 0.717) is 30.5 Å². The smallest absolute Gasteiger partial charge is 0.226 e. The number of hydrogen-bond donors (Lipinski definition) is 3. The monoisotopic (exact) mass is 453 g/mol. The van der Waals surface area contributed by atoms with Crippen molar-refractivity contribution in [1.82, 2.24) is 25.1 Å². The number of piperidine rings is 1. The second kappa shape index (κ2) is 9.55. The molecule has 3 fully saturated rings. The highest BCUT2D eigenvalue weighted by molar-refractivity contribution is 7.99. The molecule has 0 spiro atoms. The summed E-state index contributed by atoms with van der Waals surface area (Å²) >= 11 is 1.99. The molecule has 0 aromatic carbocycles. The van der Waals surface area contributed by atoms with E-state index in [1.807, 2.05) is 30.8 Å². The van der Waals surface area contributed by atoms with Crippen molar-refractivity contribution in [1.29, 1.82) is 5.26 Å². The number of hydrogen-bond acceptors (Lipinski definition) is 9. The van der Waals surface area contributed by atoms with Crippen LogP contribution in [-0.4, -0.2) is 74.3 Å². The fourth-order valence-electron chi connectivity index (χ4n) is 5.25. The van der Waals surface area contributed by atoms with Gasteiger partial charge in [0.2, 0.25) is 5.95 Å². The maximum atomic E-state index is 8.98. The van der Waals surface area contributed by atoms with Gasteiger partial charge >= 0.3 is 0 Å². The van der Waals surface area contributed by atoms with Gasteiger partial charge < -0.3 is 15.5 Å². The molecule has 10 heteroatoms. The highest BCUT2D eigenvalue weighted by atomic mass is 32.2. The van der Waals surface area contributed by atoms with E-state index >= 15 is 0 Å². The van der Waals surface area contributed by atoms with Gasteiger partial charge in [-0.15, -0.1) is 0 Å². The molecule has 2 unspecified atom stereocenters. The predicted octanol–water partition coefficient (Wildman–Crippen LogP) is 3.13. The van der Waals surface area contributed by atoms with Crippen LogP contribution in [0.3, 0.4) is 0 Å². The molecule has 0 amide bonds. The molecule has 0 aliphatic carbocycles. The molecule has 9 nitrogen and oxygen atoms in total. The molecule has 2 atom stereocenters. The quantitative estimate of drug-likeness (QED) is 0.582. The van der Waals surface area contributed by atoms with Gasteiger partial charge in [0.15, 0.2) is 5.82 Å². The molecule has 2 aromatic rings. The minimum absolute atomic E-state index is 0.360. The number of aromatic amines is 1. The maximum absolute atomic E-state index is 8.98. The van der Waals surface area contributed by atoms with E-state index in [4.69, 9.17) is 15.2 Å². The first-order chi connectivity index (χ1) is 15.7.